The number of methoxy groups -OCH3 is 1. The molecule has 1 heterocycles. The lowest BCUT2D eigenvalue weighted by atomic mass is 10.1. The maximum absolute atomic E-state index is 10.0. The SMILES string of the molecule is C=CCC[C@H](O)CN(CCCOC)Cc1ccsc1. The molecule has 19 heavy (non-hydrogen) atoms. The van der Waals surface area contributed by atoms with Crippen LogP contribution >= 0.6 is 11.3 Å². The van der Waals surface area contributed by atoms with Gasteiger partial charge in [-0.1, -0.05) is 6.08 Å². The van der Waals surface area contributed by atoms with Crippen molar-refractivity contribution in [1.29, 1.82) is 0 Å². The second-order valence-corrected chi connectivity index (χ2v) is 5.51. The molecule has 1 rings (SSSR count). The number of nitrogens with zero attached hydrogens (tertiary/aromatic N) is 1. The van der Waals surface area contributed by atoms with Gasteiger partial charge >= 0.3 is 0 Å². The number of thiophene rings is 1. The Labute approximate surface area is 120 Å². The fourth-order valence-corrected chi connectivity index (χ4v) is 2.67. The second-order valence-electron chi connectivity index (χ2n) is 4.73. The second kappa shape index (κ2) is 10.1. The molecule has 0 fully saturated rings. The molecule has 0 amide bonds. The van der Waals surface area contributed by atoms with E-state index in [-0.39, 0.29) is 6.10 Å². The average molecular weight is 283 g/mol. The minimum atomic E-state index is -0.279. The minimum Gasteiger partial charge on any atom is -0.392 e. The molecule has 4 heteroatoms. The fraction of sp³-hybridized carbons (Fsp3) is 0.600. The van der Waals surface area contributed by atoms with E-state index in [2.05, 4.69) is 28.3 Å². The van der Waals surface area contributed by atoms with Crippen molar-refractivity contribution >= 4 is 11.3 Å². The lowest BCUT2D eigenvalue weighted by Crippen LogP contribution is -2.33. The van der Waals surface area contributed by atoms with Crippen LogP contribution in [0.4, 0.5) is 0 Å². The van der Waals surface area contributed by atoms with Crippen LogP contribution in [0.5, 0.6) is 0 Å². The lowest BCUT2D eigenvalue weighted by Gasteiger charge is -2.24. The molecule has 108 valence electrons. The molecule has 0 radical (unpaired) electrons. The van der Waals surface area contributed by atoms with Crippen LogP contribution in [-0.2, 0) is 11.3 Å². The predicted molar refractivity (Wildman–Crippen MR) is 81.5 cm³/mol. The molecule has 3 nitrogen and oxygen atoms in total. The van der Waals surface area contributed by atoms with Crippen LogP contribution in [0.25, 0.3) is 0 Å². The van der Waals surface area contributed by atoms with Gasteiger partial charge in [-0.15, -0.1) is 6.58 Å². The zero-order valence-electron chi connectivity index (χ0n) is 11.8. The zero-order valence-corrected chi connectivity index (χ0v) is 12.6. The highest BCUT2D eigenvalue weighted by Crippen LogP contribution is 2.11. The first-order valence-electron chi connectivity index (χ1n) is 6.77. The molecule has 1 atom stereocenters. The molecule has 0 saturated carbocycles. The van der Waals surface area contributed by atoms with Crippen LogP contribution in [0.2, 0.25) is 0 Å². The van der Waals surface area contributed by atoms with Crippen molar-refractivity contribution in [1.82, 2.24) is 4.90 Å². The van der Waals surface area contributed by atoms with Gasteiger partial charge in [-0.3, -0.25) is 4.90 Å². The summed E-state index contributed by atoms with van der Waals surface area (Å²) in [6.45, 7) is 7.03. The Kier molecular flexibility index (Phi) is 8.75. The molecule has 0 saturated heterocycles. The van der Waals surface area contributed by atoms with E-state index < -0.39 is 0 Å². The molecule has 0 bridgehead atoms. The minimum absolute atomic E-state index is 0.279. The fourth-order valence-electron chi connectivity index (χ4n) is 2.01. The third-order valence-electron chi connectivity index (χ3n) is 2.98. The monoisotopic (exact) mass is 283 g/mol. The Morgan fingerprint density at radius 2 is 2.42 bits per heavy atom. The number of ether oxygens (including phenoxy) is 1. The number of aliphatic hydroxyl groups is 1. The van der Waals surface area contributed by atoms with Crippen LogP contribution < -0.4 is 0 Å². The lowest BCUT2D eigenvalue weighted by molar-refractivity contribution is 0.0942. The van der Waals surface area contributed by atoms with E-state index >= 15 is 0 Å². The summed E-state index contributed by atoms with van der Waals surface area (Å²) in [5.41, 5.74) is 1.32. The van der Waals surface area contributed by atoms with Gasteiger partial charge in [0.1, 0.15) is 0 Å². The summed E-state index contributed by atoms with van der Waals surface area (Å²) in [6.07, 6.45) is 4.23. The smallest absolute Gasteiger partial charge is 0.0670 e. The number of rotatable bonds is 11. The molecule has 0 spiro atoms. The summed E-state index contributed by atoms with van der Waals surface area (Å²) < 4.78 is 5.10. The van der Waals surface area contributed by atoms with Crippen LogP contribution in [0.3, 0.4) is 0 Å². The van der Waals surface area contributed by atoms with Crippen molar-refractivity contribution < 1.29 is 9.84 Å². The van der Waals surface area contributed by atoms with E-state index in [4.69, 9.17) is 4.74 Å². The Morgan fingerprint density at radius 3 is 3.05 bits per heavy atom. The Hall–Kier alpha value is -0.680. The van der Waals surface area contributed by atoms with E-state index in [0.29, 0.717) is 6.54 Å². The van der Waals surface area contributed by atoms with Gasteiger partial charge in [0, 0.05) is 33.4 Å². The first kappa shape index (κ1) is 16.4. The third-order valence-corrected chi connectivity index (χ3v) is 3.71. The standard InChI is InChI=1S/C15H25NO2S/c1-3-4-6-15(17)12-16(8-5-9-18-2)11-14-7-10-19-13-14/h3,7,10,13,15,17H,1,4-6,8-9,11-12H2,2H3/t15-/m0/s1. The van der Waals surface area contributed by atoms with Crippen molar-refractivity contribution in [3.8, 4) is 0 Å². The first-order chi connectivity index (χ1) is 9.26. The number of aliphatic hydroxyl groups excluding tert-OH is 1. The zero-order chi connectivity index (χ0) is 13.9. The molecule has 1 aromatic rings. The summed E-state index contributed by atoms with van der Waals surface area (Å²) in [4.78, 5) is 2.30. The first-order valence-corrected chi connectivity index (χ1v) is 7.72. The largest absolute Gasteiger partial charge is 0.392 e. The van der Waals surface area contributed by atoms with Gasteiger partial charge in [0.25, 0.3) is 0 Å². The van der Waals surface area contributed by atoms with Gasteiger partial charge < -0.3 is 9.84 Å². The summed E-state index contributed by atoms with van der Waals surface area (Å²) in [7, 11) is 1.72. The third kappa shape index (κ3) is 7.47. The van der Waals surface area contributed by atoms with Crippen LogP contribution in [0.1, 0.15) is 24.8 Å². The molecule has 0 unspecified atom stereocenters. The van der Waals surface area contributed by atoms with Gasteiger partial charge in [0.15, 0.2) is 0 Å². The average Bonchev–Trinajstić information content (AvgIpc) is 2.89. The number of allylic oxidation sites excluding steroid dienone is 1. The molecule has 0 aliphatic rings. The van der Waals surface area contributed by atoms with Gasteiger partial charge in [-0.25, -0.2) is 0 Å². The molecular formula is C15H25NO2S. The predicted octanol–water partition coefficient (Wildman–Crippen LogP) is 2.91. The van der Waals surface area contributed by atoms with Gasteiger partial charge in [-0.05, 0) is 41.7 Å². The summed E-state index contributed by atoms with van der Waals surface area (Å²) >= 11 is 1.72. The summed E-state index contributed by atoms with van der Waals surface area (Å²) in [5, 5.41) is 14.3. The van der Waals surface area contributed by atoms with Crippen molar-refractivity contribution in [2.75, 3.05) is 26.8 Å². The normalized spacial score (nSPS) is 12.8. The van der Waals surface area contributed by atoms with Crippen LogP contribution in [0.15, 0.2) is 29.5 Å². The van der Waals surface area contributed by atoms with Gasteiger partial charge in [0.05, 0.1) is 6.10 Å². The van der Waals surface area contributed by atoms with E-state index in [1.165, 1.54) is 5.56 Å². The van der Waals surface area contributed by atoms with Crippen LogP contribution in [-0.4, -0.2) is 42.9 Å². The molecule has 1 aromatic heterocycles. The topological polar surface area (TPSA) is 32.7 Å². The molecule has 1 N–H and O–H groups in total. The van der Waals surface area contributed by atoms with Crippen LogP contribution in [0, 0.1) is 0 Å². The summed E-state index contributed by atoms with van der Waals surface area (Å²) in [6, 6.07) is 2.14. The maximum Gasteiger partial charge on any atom is 0.0670 e. The van der Waals surface area contributed by atoms with E-state index in [0.717, 1.165) is 39.0 Å². The van der Waals surface area contributed by atoms with Crippen molar-refractivity contribution in [3.05, 3.63) is 35.0 Å². The summed E-state index contributed by atoms with van der Waals surface area (Å²) in [5.74, 6) is 0. The molecular weight excluding hydrogens is 258 g/mol. The maximum atomic E-state index is 10.0. The van der Waals surface area contributed by atoms with Crippen molar-refractivity contribution in [2.45, 2.75) is 31.9 Å². The van der Waals surface area contributed by atoms with E-state index in [1.54, 1.807) is 18.4 Å². The van der Waals surface area contributed by atoms with Gasteiger partial charge in [-0.2, -0.15) is 11.3 Å². The number of hydrogen-bond acceptors (Lipinski definition) is 4. The highest BCUT2D eigenvalue weighted by molar-refractivity contribution is 7.07. The Morgan fingerprint density at radius 1 is 1.58 bits per heavy atom. The van der Waals surface area contributed by atoms with E-state index in [1.807, 2.05) is 6.08 Å². The Bertz CT molecular complexity index is 327. The van der Waals surface area contributed by atoms with E-state index in [9.17, 15) is 5.11 Å². The van der Waals surface area contributed by atoms with Gasteiger partial charge in [0.2, 0.25) is 0 Å². The Balaban J connectivity index is 2.40. The van der Waals surface area contributed by atoms with Crippen molar-refractivity contribution in [3.63, 3.8) is 0 Å². The number of hydrogen-bond donors (Lipinski definition) is 1. The highest BCUT2D eigenvalue weighted by atomic mass is 32.1. The molecule has 0 aromatic carbocycles. The van der Waals surface area contributed by atoms with Crippen molar-refractivity contribution in [2.24, 2.45) is 0 Å². The molecule has 0 aliphatic carbocycles. The highest BCUT2D eigenvalue weighted by Gasteiger charge is 2.12. The molecule has 0 aliphatic heterocycles. The quantitative estimate of drug-likeness (QED) is 0.501.